The van der Waals surface area contributed by atoms with Gasteiger partial charge in [-0.3, -0.25) is 14.5 Å². The summed E-state index contributed by atoms with van der Waals surface area (Å²) in [6.07, 6.45) is 1.01. The third-order valence-corrected chi connectivity index (χ3v) is 3.93. The molecule has 2 rings (SSSR count). The molecular formula is C13H21N3O4. The molecule has 0 saturated carbocycles. The zero-order valence-electron chi connectivity index (χ0n) is 12.1. The molecule has 112 valence electrons. The van der Waals surface area contributed by atoms with E-state index in [-0.39, 0.29) is 18.4 Å². The number of aliphatic hydroxyl groups is 1. The maximum atomic E-state index is 12.1. The normalized spacial score (nSPS) is 24.8. The summed E-state index contributed by atoms with van der Waals surface area (Å²) in [5.41, 5.74) is -1.69. The quantitative estimate of drug-likeness (QED) is 0.680. The Hall–Kier alpha value is -1.63. The third-order valence-electron chi connectivity index (χ3n) is 3.93. The Bertz CT molecular complexity index is 449. The minimum atomic E-state index is -0.955. The number of likely N-dealkylation sites (tertiary alicyclic amines) is 1. The van der Waals surface area contributed by atoms with Crippen molar-refractivity contribution >= 4 is 17.8 Å². The Balaban J connectivity index is 1.96. The van der Waals surface area contributed by atoms with Gasteiger partial charge in [0.15, 0.2) is 0 Å². The first-order valence-electron chi connectivity index (χ1n) is 6.77. The molecule has 2 heterocycles. The number of urea groups is 1. The molecule has 0 aromatic heterocycles. The molecule has 7 nitrogen and oxygen atoms in total. The van der Waals surface area contributed by atoms with Crippen LogP contribution in [0.5, 0.6) is 0 Å². The highest BCUT2D eigenvalue weighted by molar-refractivity contribution is 6.08. The first-order chi connectivity index (χ1) is 9.12. The van der Waals surface area contributed by atoms with Crippen LogP contribution in [0.2, 0.25) is 0 Å². The molecule has 0 spiro atoms. The fourth-order valence-corrected chi connectivity index (χ4v) is 2.43. The lowest BCUT2D eigenvalue weighted by Gasteiger charge is -2.36. The summed E-state index contributed by atoms with van der Waals surface area (Å²) in [6, 6.07) is -0.530. The molecule has 7 heteroatoms. The van der Waals surface area contributed by atoms with Crippen LogP contribution in [0.15, 0.2) is 0 Å². The second kappa shape index (κ2) is 4.73. The van der Waals surface area contributed by atoms with Gasteiger partial charge >= 0.3 is 6.03 Å². The van der Waals surface area contributed by atoms with E-state index >= 15 is 0 Å². The lowest BCUT2D eigenvalue weighted by Crippen LogP contribution is -2.49. The summed E-state index contributed by atoms with van der Waals surface area (Å²) >= 11 is 0. The van der Waals surface area contributed by atoms with Crippen LogP contribution in [0.3, 0.4) is 0 Å². The van der Waals surface area contributed by atoms with Crippen LogP contribution >= 0.6 is 0 Å². The summed E-state index contributed by atoms with van der Waals surface area (Å²) in [5, 5.41) is 12.4. The summed E-state index contributed by atoms with van der Waals surface area (Å²) < 4.78 is 0. The van der Waals surface area contributed by atoms with Crippen LogP contribution in [0, 0.1) is 0 Å². The van der Waals surface area contributed by atoms with E-state index < -0.39 is 17.2 Å². The number of hydrogen-bond acceptors (Lipinski definition) is 4. The van der Waals surface area contributed by atoms with Crippen LogP contribution in [0.4, 0.5) is 4.79 Å². The van der Waals surface area contributed by atoms with Crippen LogP contribution in [-0.4, -0.2) is 63.5 Å². The monoisotopic (exact) mass is 283 g/mol. The fourth-order valence-electron chi connectivity index (χ4n) is 2.43. The zero-order valence-corrected chi connectivity index (χ0v) is 12.1. The highest BCUT2D eigenvalue weighted by Gasteiger charge is 2.45. The highest BCUT2D eigenvalue weighted by Crippen LogP contribution is 2.22. The van der Waals surface area contributed by atoms with Gasteiger partial charge in [-0.1, -0.05) is 0 Å². The van der Waals surface area contributed by atoms with Crippen molar-refractivity contribution in [2.24, 2.45) is 0 Å². The molecule has 0 radical (unpaired) electrons. The van der Waals surface area contributed by atoms with E-state index in [1.807, 2.05) is 0 Å². The van der Waals surface area contributed by atoms with Crippen molar-refractivity contribution in [2.45, 2.75) is 44.8 Å². The van der Waals surface area contributed by atoms with E-state index in [4.69, 9.17) is 0 Å². The summed E-state index contributed by atoms with van der Waals surface area (Å²) in [4.78, 5) is 38.4. The molecule has 0 aromatic rings. The van der Waals surface area contributed by atoms with Crippen LogP contribution in [0.25, 0.3) is 0 Å². The first-order valence-corrected chi connectivity index (χ1v) is 6.77. The third kappa shape index (κ3) is 2.77. The van der Waals surface area contributed by atoms with E-state index in [1.54, 1.807) is 25.7 Å². The maximum Gasteiger partial charge on any atom is 0.325 e. The number of piperidine rings is 1. The average molecular weight is 283 g/mol. The Morgan fingerprint density at radius 1 is 1.25 bits per heavy atom. The Morgan fingerprint density at radius 2 is 1.80 bits per heavy atom. The van der Waals surface area contributed by atoms with Crippen LogP contribution in [-0.2, 0) is 9.59 Å². The average Bonchev–Trinajstić information content (AvgIpc) is 2.51. The molecule has 0 bridgehead atoms. The van der Waals surface area contributed by atoms with Crippen LogP contribution < -0.4 is 5.32 Å². The smallest absolute Gasteiger partial charge is 0.325 e. The molecule has 0 atom stereocenters. The van der Waals surface area contributed by atoms with Gasteiger partial charge in [-0.15, -0.1) is 0 Å². The predicted octanol–water partition coefficient (Wildman–Crippen LogP) is -0.310. The number of nitrogens with one attached hydrogen (secondary N) is 1. The molecule has 0 unspecified atom stereocenters. The van der Waals surface area contributed by atoms with E-state index in [0.717, 1.165) is 4.90 Å². The molecule has 2 saturated heterocycles. The van der Waals surface area contributed by atoms with Crippen molar-refractivity contribution in [3.63, 3.8) is 0 Å². The van der Waals surface area contributed by atoms with Gasteiger partial charge < -0.3 is 15.3 Å². The molecular weight excluding hydrogens is 262 g/mol. The molecule has 20 heavy (non-hydrogen) atoms. The number of rotatable bonds is 2. The number of amides is 4. The number of hydrogen-bond donors (Lipinski definition) is 2. The first kappa shape index (κ1) is 14.8. The highest BCUT2D eigenvalue weighted by atomic mass is 16.3. The second-order valence-corrected chi connectivity index (χ2v) is 6.32. The maximum absolute atomic E-state index is 12.1. The van der Waals surface area contributed by atoms with E-state index in [2.05, 4.69) is 5.32 Å². The number of nitrogens with zero attached hydrogens (tertiary/aromatic N) is 2. The second-order valence-electron chi connectivity index (χ2n) is 6.32. The summed E-state index contributed by atoms with van der Waals surface area (Å²) in [6.45, 7) is 5.61. The molecule has 0 aromatic carbocycles. The van der Waals surface area contributed by atoms with Crippen molar-refractivity contribution in [1.29, 1.82) is 0 Å². The van der Waals surface area contributed by atoms with E-state index in [1.165, 1.54) is 0 Å². The lowest BCUT2D eigenvalue weighted by atomic mass is 9.94. The van der Waals surface area contributed by atoms with Crippen molar-refractivity contribution in [2.75, 3.05) is 19.6 Å². The number of carbonyl (C=O) groups is 3. The van der Waals surface area contributed by atoms with Gasteiger partial charge in [0.25, 0.3) is 5.91 Å². The minimum Gasteiger partial charge on any atom is -0.390 e. The van der Waals surface area contributed by atoms with Crippen molar-refractivity contribution in [3.05, 3.63) is 0 Å². The van der Waals surface area contributed by atoms with Gasteiger partial charge in [-0.25, -0.2) is 4.79 Å². The number of imide groups is 1. The SMILES string of the molecule is CC1(O)CCN(C(=O)CN2C(=O)NC(C)(C)C2=O)CC1. The Kier molecular flexibility index (Phi) is 3.49. The van der Waals surface area contributed by atoms with E-state index in [0.29, 0.717) is 25.9 Å². The van der Waals surface area contributed by atoms with Gasteiger partial charge in [-0.05, 0) is 33.6 Å². The molecule has 2 N–H and O–H groups in total. The van der Waals surface area contributed by atoms with Crippen molar-refractivity contribution < 1.29 is 19.5 Å². The van der Waals surface area contributed by atoms with Gasteiger partial charge in [0.1, 0.15) is 12.1 Å². The van der Waals surface area contributed by atoms with Crippen molar-refractivity contribution in [1.82, 2.24) is 15.1 Å². The van der Waals surface area contributed by atoms with Gasteiger partial charge in [-0.2, -0.15) is 0 Å². The van der Waals surface area contributed by atoms with Crippen LogP contribution in [0.1, 0.15) is 33.6 Å². The molecule has 2 aliphatic rings. The zero-order chi connectivity index (χ0) is 15.1. The van der Waals surface area contributed by atoms with Gasteiger partial charge in [0, 0.05) is 13.1 Å². The summed E-state index contributed by atoms with van der Waals surface area (Å²) in [5.74, 6) is -0.651. The van der Waals surface area contributed by atoms with Crippen molar-refractivity contribution in [3.8, 4) is 0 Å². The standard InChI is InChI=1S/C13H21N3O4/c1-12(2)10(18)16(11(19)14-12)8-9(17)15-6-4-13(3,20)5-7-15/h20H,4-8H2,1-3H3,(H,14,19). The Labute approximate surface area is 117 Å². The van der Waals surface area contributed by atoms with Gasteiger partial charge in [0.2, 0.25) is 5.91 Å². The largest absolute Gasteiger partial charge is 0.390 e. The van der Waals surface area contributed by atoms with Gasteiger partial charge in [0.05, 0.1) is 5.60 Å². The number of carbonyl (C=O) groups excluding carboxylic acids is 3. The lowest BCUT2D eigenvalue weighted by molar-refractivity contribution is -0.140. The minimum absolute atomic E-state index is 0.240. The summed E-state index contributed by atoms with van der Waals surface area (Å²) in [7, 11) is 0. The topological polar surface area (TPSA) is 89.9 Å². The molecule has 4 amide bonds. The predicted molar refractivity (Wildman–Crippen MR) is 70.8 cm³/mol. The fraction of sp³-hybridized carbons (Fsp3) is 0.769. The molecule has 0 aliphatic carbocycles. The molecule has 2 aliphatic heterocycles. The Morgan fingerprint density at radius 3 is 2.25 bits per heavy atom. The van der Waals surface area contributed by atoms with E-state index in [9.17, 15) is 19.5 Å². The molecule has 2 fully saturated rings.